The Labute approximate surface area is 201 Å². The lowest BCUT2D eigenvalue weighted by Crippen LogP contribution is -2.39. The van der Waals surface area contributed by atoms with E-state index < -0.39 is 0 Å². The van der Waals surface area contributed by atoms with Gasteiger partial charge in [-0.2, -0.15) is 0 Å². The molecule has 2 aromatic heterocycles. The van der Waals surface area contributed by atoms with Gasteiger partial charge in [0.15, 0.2) is 12.4 Å². The van der Waals surface area contributed by atoms with Crippen molar-refractivity contribution in [3.05, 3.63) is 40.8 Å². The van der Waals surface area contributed by atoms with Crippen molar-refractivity contribution >= 4 is 34.4 Å². The zero-order valence-electron chi connectivity index (χ0n) is 18.8. The summed E-state index contributed by atoms with van der Waals surface area (Å²) in [5.41, 5.74) is 3.27. The lowest BCUT2D eigenvalue weighted by Gasteiger charge is -2.30. The largest absolute Gasteiger partial charge is 0.480 e. The summed E-state index contributed by atoms with van der Waals surface area (Å²) in [5, 5.41) is 10.6. The Morgan fingerprint density at radius 2 is 1.85 bits per heavy atom. The topological polar surface area (TPSA) is 123 Å². The number of amides is 1. The van der Waals surface area contributed by atoms with Crippen molar-refractivity contribution in [2.45, 2.75) is 50.9 Å². The fourth-order valence-electron chi connectivity index (χ4n) is 4.34. The van der Waals surface area contributed by atoms with Crippen LogP contribution in [0.3, 0.4) is 0 Å². The maximum absolute atomic E-state index is 11.5. The van der Waals surface area contributed by atoms with Gasteiger partial charge in [0.25, 0.3) is 11.8 Å². The molecule has 1 aliphatic heterocycles. The number of benzene rings is 1. The van der Waals surface area contributed by atoms with E-state index in [0.29, 0.717) is 47.8 Å². The predicted octanol–water partition coefficient (Wildman–Crippen LogP) is 2.60. The molecule has 3 N–H and O–H groups in total. The van der Waals surface area contributed by atoms with E-state index in [-0.39, 0.29) is 12.5 Å². The normalized spacial score (nSPS) is 19.9. The van der Waals surface area contributed by atoms with Crippen LogP contribution in [0.15, 0.2) is 24.5 Å². The van der Waals surface area contributed by atoms with Crippen molar-refractivity contribution in [2.75, 3.05) is 19.0 Å². The van der Waals surface area contributed by atoms with Gasteiger partial charge in [-0.15, -0.1) is 0 Å². The first kappa shape index (κ1) is 22.7. The van der Waals surface area contributed by atoms with Gasteiger partial charge in [0, 0.05) is 35.8 Å². The van der Waals surface area contributed by atoms with Gasteiger partial charge < -0.3 is 25.4 Å². The van der Waals surface area contributed by atoms with E-state index in [9.17, 15) is 4.79 Å². The van der Waals surface area contributed by atoms with E-state index in [2.05, 4.69) is 35.9 Å². The molecule has 0 unspecified atom stereocenters. The first-order valence-electron chi connectivity index (χ1n) is 11.3. The number of carbonyl (C=O) groups is 1. The second kappa shape index (κ2) is 10.0. The molecule has 3 aromatic rings. The Morgan fingerprint density at radius 3 is 2.62 bits per heavy atom. The first-order valence-corrected chi connectivity index (χ1v) is 11.7. The number of nitrogens with one attached hydrogen (secondary N) is 3. The molecule has 0 spiro atoms. The molecule has 5 rings (SSSR count). The molecular formula is C23H26ClN7O3. The van der Waals surface area contributed by atoms with E-state index in [4.69, 9.17) is 21.1 Å². The summed E-state index contributed by atoms with van der Waals surface area (Å²) in [6.45, 7) is 1.19. The third-order valence-electron chi connectivity index (χ3n) is 6.20. The second-order valence-corrected chi connectivity index (χ2v) is 8.88. The minimum atomic E-state index is -0.214. The van der Waals surface area contributed by atoms with Crippen molar-refractivity contribution in [3.8, 4) is 11.8 Å². The molecule has 0 atom stereocenters. The lowest BCUT2D eigenvalue weighted by atomic mass is 9.91. The van der Waals surface area contributed by atoms with E-state index >= 15 is 0 Å². The van der Waals surface area contributed by atoms with Crippen LogP contribution in [0, 0.1) is 0 Å². The van der Waals surface area contributed by atoms with Gasteiger partial charge in [-0.1, -0.05) is 11.6 Å². The standard InChI is InChI=1S/C23H26ClN7O3/c1-33-20-11-27-18-7-6-17(24)16(21(18)31-20)10-26-14-4-2-13(3-5-14)25-8-15-9-28-23-22(29-15)30-19(32)12-34-23/h6-7,9,11,13-14,25-26H,2-5,8,10,12H2,1H3,(H,29,30,32). The summed E-state index contributed by atoms with van der Waals surface area (Å²) in [4.78, 5) is 29.1. The molecule has 1 amide bonds. The van der Waals surface area contributed by atoms with Gasteiger partial charge in [-0.25, -0.2) is 19.9 Å². The molecular weight excluding hydrogens is 458 g/mol. The van der Waals surface area contributed by atoms with Gasteiger partial charge in [0.05, 0.1) is 36.2 Å². The molecule has 0 bridgehead atoms. The van der Waals surface area contributed by atoms with Crippen LogP contribution in [0.1, 0.15) is 36.9 Å². The molecule has 1 aliphatic carbocycles. The minimum absolute atomic E-state index is 0.0230. The third-order valence-corrected chi connectivity index (χ3v) is 6.56. The van der Waals surface area contributed by atoms with Gasteiger partial charge >= 0.3 is 0 Å². The van der Waals surface area contributed by atoms with Gasteiger partial charge in [-0.3, -0.25) is 4.79 Å². The summed E-state index contributed by atoms with van der Waals surface area (Å²) in [5.74, 6) is 1.01. The van der Waals surface area contributed by atoms with Gasteiger partial charge in [0.1, 0.15) is 0 Å². The highest BCUT2D eigenvalue weighted by Crippen LogP contribution is 2.27. The number of methoxy groups -OCH3 is 1. The van der Waals surface area contributed by atoms with E-state index in [1.165, 1.54) is 0 Å². The van der Waals surface area contributed by atoms with Crippen molar-refractivity contribution in [3.63, 3.8) is 0 Å². The summed E-state index contributed by atoms with van der Waals surface area (Å²) in [6.07, 6.45) is 7.49. The fraction of sp³-hybridized carbons (Fsp3) is 0.435. The van der Waals surface area contributed by atoms with Crippen LogP contribution in [0.25, 0.3) is 11.0 Å². The molecule has 1 fully saturated rings. The number of rotatable bonds is 7. The van der Waals surface area contributed by atoms with Crippen molar-refractivity contribution in [2.24, 2.45) is 0 Å². The summed E-state index contributed by atoms with van der Waals surface area (Å²) >= 11 is 6.49. The zero-order chi connectivity index (χ0) is 23.5. The Hall–Kier alpha value is -3.08. The fourth-order valence-corrected chi connectivity index (χ4v) is 4.56. The number of halogens is 1. The van der Waals surface area contributed by atoms with Crippen LogP contribution in [0.5, 0.6) is 11.8 Å². The van der Waals surface area contributed by atoms with Crippen molar-refractivity contribution in [1.82, 2.24) is 30.6 Å². The highest BCUT2D eigenvalue weighted by molar-refractivity contribution is 6.32. The van der Waals surface area contributed by atoms with E-state index in [1.807, 2.05) is 12.1 Å². The average Bonchev–Trinajstić information content (AvgIpc) is 2.87. The molecule has 10 nitrogen and oxygen atoms in total. The Kier molecular flexibility index (Phi) is 6.70. The number of fused-ring (bicyclic) bond motifs is 2. The SMILES string of the molecule is COc1cnc2ccc(Cl)c(CNC3CCC(NCc4cnc5c(n4)NC(=O)CO5)CC3)c2n1. The summed E-state index contributed by atoms with van der Waals surface area (Å²) in [7, 11) is 1.58. The highest BCUT2D eigenvalue weighted by Gasteiger charge is 2.23. The first-order chi connectivity index (χ1) is 16.6. The molecule has 34 heavy (non-hydrogen) atoms. The Bertz CT molecular complexity index is 1200. The monoisotopic (exact) mass is 483 g/mol. The zero-order valence-corrected chi connectivity index (χ0v) is 19.6. The maximum Gasteiger partial charge on any atom is 0.263 e. The van der Waals surface area contributed by atoms with Crippen LogP contribution >= 0.6 is 11.6 Å². The van der Waals surface area contributed by atoms with Crippen LogP contribution in [0.4, 0.5) is 5.82 Å². The van der Waals surface area contributed by atoms with Gasteiger partial charge in [-0.05, 0) is 37.8 Å². The van der Waals surface area contributed by atoms with Crippen LogP contribution in [-0.4, -0.2) is 51.6 Å². The molecule has 2 aliphatic rings. The average molecular weight is 484 g/mol. The van der Waals surface area contributed by atoms with E-state index in [0.717, 1.165) is 48.0 Å². The number of hydrogen-bond donors (Lipinski definition) is 3. The number of nitrogens with zero attached hydrogens (tertiary/aromatic N) is 4. The maximum atomic E-state index is 11.5. The number of anilines is 1. The van der Waals surface area contributed by atoms with Gasteiger partial charge in [0.2, 0.25) is 5.88 Å². The highest BCUT2D eigenvalue weighted by atomic mass is 35.5. The molecule has 178 valence electrons. The van der Waals surface area contributed by atoms with Crippen molar-refractivity contribution < 1.29 is 14.3 Å². The second-order valence-electron chi connectivity index (χ2n) is 8.47. The Morgan fingerprint density at radius 1 is 1.09 bits per heavy atom. The predicted molar refractivity (Wildman–Crippen MR) is 127 cm³/mol. The van der Waals surface area contributed by atoms with Crippen LogP contribution < -0.4 is 25.4 Å². The smallest absolute Gasteiger partial charge is 0.263 e. The summed E-state index contributed by atoms with van der Waals surface area (Å²) < 4.78 is 10.5. The lowest BCUT2D eigenvalue weighted by molar-refractivity contribution is -0.118. The quantitative estimate of drug-likeness (QED) is 0.465. The minimum Gasteiger partial charge on any atom is -0.480 e. The van der Waals surface area contributed by atoms with E-state index in [1.54, 1.807) is 19.5 Å². The number of ether oxygens (including phenoxy) is 2. The summed E-state index contributed by atoms with van der Waals surface area (Å²) in [6, 6.07) is 4.54. The number of carbonyl (C=O) groups excluding carboxylic acids is 1. The Balaban J connectivity index is 1.13. The molecule has 0 radical (unpaired) electrons. The van der Waals surface area contributed by atoms with Crippen LogP contribution in [-0.2, 0) is 17.9 Å². The molecule has 11 heteroatoms. The molecule has 0 saturated heterocycles. The third kappa shape index (κ3) is 5.03. The van der Waals surface area contributed by atoms with Crippen molar-refractivity contribution in [1.29, 1.82) is 0 Å². The molecule has 1 saturated carbocycles. The molecule has 1 aromatic carbocycles. The number of aromatic nitrogens is 4. The molecule has 3 heterocycles. The van der Waals surface area contributed by atoms with Crippen LogP contribution in [0.2, 0.25) is 5.02 Å². The number of hydrogen-bond acceptors (Lipinski definition) is 9.